The van der Waals surface area contributed by atoms with E-state index in [9.17, 15) is 20.4 Å². The second-order valence-electron chi connectivity index (χ2n) is 20.8. The molecule has 16 heteroatoms. The summed E-state index contributed by atoms with van der Waals surface area (Å²) in [7, 11) is 0. The molecule has 0 aromatic heterocycles. The third-order valence-corrected chi connectivity index (χ3v) is 14.8. The lowest BCUT2D eigenvalue weighted by molar-refractivity contribution is -0.391. The summed E-state index contributed by atoms with van der Waals surface area (Å²) in [5.74, 6) is 0. The van der Waals surface area contributed by atoms with Crippen molar-refractivity contribution in [3.05, 3.63) is 251 Å². The van der Waals surface area contributed by atoms with E-state index < -0.39 is 98.7 Å². The van der Waals surface area contributed by atoms with E-state index in [0.717, 1.165) is 38.9 Å². The SMILES string of the molecule is OC[C@H]1O[C@@H](O)[C@H](O)[C@@H](O)[C@@H]1O[C@H]1O[C@H](COCc2ccccc2)[C@@H](O[C@@H]2O[C@H](COCc3ccccc3)[C@@H](OCc3ccccc3)[C@H](OCc3ccccc3)[C@H]2OCc2ccccc2)[C@H](OCc2ccccc2)[C@H]1OCc1ccccc1. The van der Waals surface area contributed by atoms with Gasteiger partial charge in [-0.15, -0.1) is 0 Å². The summed E-state index contributed by atoms with van der Waals surface area (Å²) in [5, 5.41) is 43.7. The third-order valence-electron chi connectivity index (χ3n) is 14.8. The van der Waals surface area contributed by atoms with Crippen LogP contribution in [0.1, 0.15) is 38.9 Å². The molecule has 0 amide bonds. The van der Waals surface area contributed by atoms with Crippen molar-refractivity contribution < 1.29 is 77.3 Å². The molecule has 0 spiro atoms. The summed E-state index contributed by atoms with van der Waals surface area (Å²) in [4.78, 5) is 0. The number of aliphatic hydroxyl groups is 4. The average molecular weight is 1140 g/mol. The number of hydrogen-bond donors (Lipinski definition) is 4. The van der Waals surface area contributed by atoms with Gasteiger partial charge < -0.3 is 77.3 Å². The monoisotopic (exact) mass is 1130 g/mol. The molecule has 0 saturated carbocycles. The van der Waals surface area contributed by atoms with Gasteiger partial charge in [-0.1, -0.05) is 212 Å². The highest BCUT2D eigenvalue weighted by Gasteiger charge is 2.56. The molecule has 7 aromatic rings. The molecule has 3 aliphatic heterocycles. The van der Waals surface area contributed by atoms with E-state index >= 15 is 0 Å². The lowest BCUT2D eigenvalue weighted by Crippen LogP contribution is -2.68. The maximum Gasteiger partial charge on any atom is 0.187 e. The van der Waals surface area contributed by atoms with E-state index in [2.05, 4.69) is 0 Å². The van der Waals surface area contributed by atoms with Crippen LogP contribution in [0.3, 0.4) is 0 Å². The summed E-state index contributed by atoms with van der Waals surface area (Å²) in [6, 6.07) is 68.4. The van der Waals surface area contributed by atoms with E-state index in [0.29, 0.717) is 0 Å². The first-order chi connectivity index (χ1) is 40.9. The van der Waals surface area contributed by atoms with Gasteiger partial charge in [0.25, 0.3) is 0 Å². The Kier molecular flexibility index (Phi) is 22.5. The molecule has 10 rings (SSSR count). The van der Waals surface area contributed by atoms with Crippen LogP contribution in [0.15, 0.2) is 212 Å². The summed E-state index contributed by atoms with van der Waals surface area (Å²) in [5.41, 5.74) is 6.28. The van der Waals surface area contributed by atoms with E-state index in [1.165, 1.54) is 0 Å². The van der Waals surface area contributed by atoms with Crippen LogP contribution in [0.4, 0.5) is 0 Å². The molecule has 0 bridgehead atoms. The van der Waals surface area contributed by atoms with Gasteiger partial charge in [0, 0.05) is 0 Å². The highest BCUT2D eigenvalue weighted by atomic mass is 16.8. The first kappa shape index (κ1) is 60.0. The Bertz CT molecular complexity index is 2880. The third kappa shape index (κ3) is 16.8. The van der Waals surface area contributed by atoms with Crippen LogP contribution >= 0.6 is 0 Å². The smallest absolute Gasteiger partial charge is 0.187 e. The van der Waals surface area contributed by atoms with Gasteiger partial charge in [0.15, 0.2) is 18.9 Å². The van der Waals surface area contributed by atoms with Gasteiger partial charge in [-0.3, -0.25) is 0 Å². The fraction of sp³-hybridized carbons (Fsp3) is 0.373. The maximum atomic E-state index is 11.6. The highest BCUT2D eigenvalue weighted by Crippen LogP contribution is 2.38. The van der Waals surface area contributed by atoms with E-state index in [4.69, 9.17) is 56.8 Å². The Balaban J connectivity index is 1.07. The Morgan fingerprint density at radius 2 is 0.578 bits per heavy atom. The Hall–Kier alpha value is -6.10. The fourth-order valence-electron chi connectivity index (χ4n) is 10.5. The molecule has 3 heterocycles. The van der Waals surface area contributed by atoms with Gasteiger partial charge >= 0.3 is 0 Å². The Labute approximate surface area is 484 Å². The van der Waals surface area contributed by atoms with Crippen LogP contribution in [0.25, 0.3) is 0 Å². The normalized spacial score (nSPS) is 28.2. The zero-order valence-corrected chi connectivity index (χ0v) is 46.1. The second-order valence-corrected chi connectivity index (χ2v) is 20.8. The first-order valence-corrected chi connectivity index (χ1v) is 28.3. The molecular formula is C67H74O16. The highest BCUT2D eigenvalue weighted by molar-refractivity contribution is 5.19. The maximum absolute atomic E-state index is 11.6. The van der Waals surface area contributed by atoms with Gasteiger partial charge in [-0.05, 0) is 38.9 Å². The van der Waals surface area contributed by atoms with Crippen LogP contribution < -0.4 is 0 Å². The minimum absolute atomic E-state index is 0.0374. The number of ether oxygens (including phenoxy) is 12. The summed E-state index contributed by atoms with van der Waals surface area (Å²) >= 11 is 0. The lowest BCUT2D eigenvalue weighted by Gasteiger charge is -2.51. The quantitative estimate of drug-likeness (QED) is 0.0369. The van der Waals surface area contributed by atoms with Crippen molar-refractivity contribution in [1.29, 1.82) is 0 Å². The molecule has 7 aromatic carbocycles. The van der Waals surface area contributed by atoms with Crippen molar-refractivity contribution in [2.24, 2.45) is 0 Å². The molecular weight excluding hydrogens is 1060 g/mol. The topological polar surface area (TPSA) is 192 Å². The van der Waals surface area contributed by atoms with Gasteiger partial charge in [0.2, 0.25) is 0 Å². The van der Waals surface area contributed by atoms with Crippen molar-refractivity contribution in [2.75, 3.05) is 19.8 Å². The van der Waals surface area contributed by atoms with Crippen LogP contribution in [-0.4, -0.2) is 132 Å². The predicted octanol–water partition coefficient (Wildman–Crippen LogP) is 8.00. The Morgan fingerprint density at radius 3 is 0.928 bits per heavy atom. The van der Waals surface area contributed by atoms with Crippen molar-refractivity contribution in [3.63, 3.8) is 0 Å². The minimum atomic E-state index is -1.80. The molecule has 3 aliphatic rings. The van der Waals surface area contributed by atoms with Crippen molar-refractivity contribution in [3.8, 4) is 0 Å². The van der Waals surface area contributed by atoms with Crippen LogP contribution in [0.5, 0.6) is 0 Å². The van der Waals surface area contributed by atoms with E-state index in [-0.39, 0.29) is 59.5 Å². The van der Waals surface area contributed by atoms with E-state index in [1.807, 2.05) is 212 Å². The lowest BCUT2D eigenvalue weighted by atomic mass is 9.95. The largest absolute Gasteiger partial charge is 0.394 e. The van der Waals surface area contributed by atoms with Crippen molar-refractivity contribution in [1.82, 2.24) is 0 Å². The molecule has 16 nitrogen and oxygen atoms in total. The number of rotatable bonds is 28. The van der Waals surface area contributed by atoms with Gasteiger partial charge in [-0.2, -0.15) is 0 Å². The molecule has 0 aliphatic carbocycles. The predicted molar refractivity (Wildman–Crippen MR) is 304 cm³/mol. The standard InChI is InChI=1S/C67H74O16/c68-36-53-58(56(69)57(70)65(71)79-53)82-66-64(78-43-52-34-20-7-21-35-52)62(76-41-50-30-16-5-17-31-50)60(55(81-66)45-73-38-47-24-10-2-11-25-47)83-67-63(77-42-51-32-18-6-19-33-51)61(75-40-49-28-14-4-15-29-49)59(74-39-48-26-12-3-13-27-48)54(80-67)44-72-37-46-22-8-1-9-23-46/h1-35,53-71H,36-45H2/t53-,54-,55-,56-,57-,58-,59-,60-,61+,62+,63-,64-,65-,66-,67+/m1/s1. The zero-order valence-electron chi connectivity index (χ0n) is 46.1. The van der Waals surface area contributed by atoms with Gasteiger partial charge in [-0.25, -0.2) is 0 Å². The van der Waals surface area contributed by atoms with Gasteiger partial charge in [0.1, 0.15) is 73.2 Å². The molecule has 0 unspecified atom stereocenters. The Morgan fingerprint density at radius 1 is 0.289 bits per heavy atom. The fourth-order valence-corrected chi connectivity index (χ4v) is 10.5. The van der Waals surface area contributed by atoms with Gasteiger partial charge in [0.05, 0.1) is 66.1 Å². The number of benzene rings is 7. The average Bonchev–Trinajstić information content (AvgIpc) is 3.59. The van der Waals surface area contributed by atoms with Crippen LogP contribution in [-0.2, 0) is 103 Å². The summed E-state index contributed by atoms with van der Waals surface area (Å²) < 4.78 is 82.6. The minimum Gasteiger partial charge on any atom is -0.394 e. The zero-order chi connectivity index (χ0) is 57.0. The van der Waals surface area contributed by atoms with Crippen molar-refractivity contribution >= 4 is 0 Å². The van der Waals surface area contributed by atoms with Crippen LogP contribution in [0, 0.1) is 0 Å². The first-order valence-electron chi connectivity index (χ1n) is 28.3. The number of aliphatic hydroxyl groups excluding tert-OH is 4. The van der Waals surface area contributed by atoms with E-state index in [1.54, 1.807) is 0 Å². The number of hydrogen-bond acceptors (Lipinski definition) is 16. The molecule has 15 atom stereocenters. The summed E-state index contributed by atoms with van der Waals surface area (Å²) in [6.07, 6.45) is -18.7. The molecule has 0 radical (unpaired) electrons. The molecule has 3 saturated heterocycles. The molecule has 4 N–H and O–H groups in total. The molecule has 3 fully saturated rings. The van der Waals surface area contributed by atoms with Crippen molar-refractivity contribution in [2.45, 2.75) is 138 Å². The molecule has 83 heavy (non-hydrogen) atoms. The second kappa shape index (κ2) is 31.2. The van der Waals surface area contributed by atoms with Crippen LogP contribution in [0.2, 0.25) is 0 Å². The molecule has 438 valence electrons. The summed E-state index contributed by atoms with van der Waals surface area (Å²) in [6.45, 7) is 0.378.